The Balaban J connectivity index is 0.000000266. The van der Waals surface area contributed by atoms with Crippen molar-refractivity contribution in [1.29, 1.82) is 0 Å². The molecule has 0 N–H and O–H groups in total. The molecule has 2 aromatic heterocycles. The van der Waals surface area contributed by atoms with Crippen molar-refractivity contribution >= 4 is 13.5 Å². The molecule has 1 aliphatic rings. The molecule has 0 fully saturated rings. The number of pyridine rings is 2. The summed E-state index contributed by atoms with van der Waals surface area (Å²) in [5, 5.41) is 1.24. The molecule has 1 radical (unpaired) electrons. The predicted octanol–water partition coefficient (Wildman–Crippen LogP) is 9.08. The van der Waals surface area contributed by atoms with Gasteiger partial charge in [0.2, 0.25) is 0 Å². The van der Waals surface area contributed by atoms with E-state index < -0.39 is 40.7 Å². The third-order valence-electron chi connectivity index (χ3n) is 6.69. The monoisotopic (exact) mass is 772 g/mol. The maximum atomic E-state index is 8.74. The molecule has 3 nitrogen and oxygen atoms in total. The molecule has 0 unspecified atom stereocenters. The molecule has 6 rings (SSSR count). The molecule has 0 spiro atoms. The summed E-state index contributed by atoms with van der Waals surface area (Å²) in [6.07, 6.45) is 0.699. The molecular weight excluding hydrogens is 721 g/mol. The standard InChI is InChI=1S/C25H28NOSi.C13H12N.Ir/c1-17-16-26-22(13-19(17)15-25(2,3)4)18-11-12-20-21-9-7-8-10-24(21)28(5,6)27-23(20)14-18;1-10-3-6-12(7-4-10)13-8-5-11(2)9-14-13;/h7-10,12-14,16H,15H2,1-6H3;3-6,8-9H,1-2H3;/q2*-1;/i1D3,15D2;1D3,2D3;. The van der Waals surface area contributed by atoms with Gasteiger partial charge in [0.1, 0.15) is 0 Å². The van der Waals surface area contributed by atoms with Crippen molar-refractivity contribution in [1.82, 2.24) is 9.97 Å². The number of aryl methyl sites for hydroxylation is 3. The van der Waals surface area contributed by atoms with Crippen LogP contribution in [0.3, 0.4) is 0 Å². The summed E-state index contributed by atoms with van der Waals surface area (Å²) >= 11 is 0. The number of hydrogen-bond donors (Lipinski definition) is 0. The van der Waals surface area contributed by atoms with Crippen LogP contribution in [-0.2, 0) is 26.5 Å². The topological polar surface area (TPSA) is 35.0 Å². The van der Waals surface area contributed by atoms with Crippen LogP contribution >= 0.6 is 0 Å². The van der Waals surface area contributed by atoms with Gasteiger partial charge in [-0.15, -0.1) is 59.2 Å². The van der Waals surface area contributed by atoms with E-state index in [1.807, 2.05) is 24.3 Å². The first kappa shape index (κ1) is 20.6. The maximum absolute atomic E-state index is 8.74. The van der Waals surface area contributed by atoms with E-state index in [4.69, 9.17) is 19.5 Å². The molecule has 0 bridgehead atoms. The van der Waals surface area contributed by atoms with E-state index in [2.05, 4.69) is 47.3 Å². The van der Waals surface area contributed by atoms with Crippen molar-refractivity contribution < 1.29 is 39.6 Å². The Hall–Kier alpha value is -3.37. The summed E-state index contributed by atoms with van der Waals surface area (Å²) in [5.74, 6) is 0.751. The van der Waals surface area contributed by atoms with Crippen LogP contribution in [0.25, 0.3) is 33.6 Å². The second kappa shape index (κ2) is 13.1. The van der Waals surface area contributed by atoms with Crippen LogP contribution in [0.1, 0.15) is 58.1 Å². The number of fused-ring (bicyclic) bond motifs is 3. The van der Waals surface area contributed by atoms with E-state index in [0.29, 0.717) is 22.5 Å². The second-order valence-electron chi connectivity index (χ2n) is 11.7. The molecule has 0 saturated heterocycles. The van der Waals surface area contributed by atoms with Gasteiger partial charge in [-0.2, -0.15) is 0 Å². The van der Waals surface area contributed by atoms with Gasteiger partial charge < -0.3 is 14.4 Å². The zero-order valence-electron chi connectivity index (χ0n) is 35.7. The summed E-state index contributed by atoms with van der Waals surface area (Å²) in [6, 6.07) is 27.3. The number of nitrogens with zero attached hydrogens (tertiary/aromatic N) is 2. The molecule has 3 heterocycles. The Morgan fingerprint density at radius 2 is 1.56 bits per heavy atom. The zero-order valence-corrected chi connectivity index (χ0v) is 28.1. The van der Waals surface area contributed by atoms with Gasteiger partial charge in [0, 0.05) is 53.3 Å². The van der Waals surface area contributed by atoms with Crippen molar-refractivity contribution in [3.63, 3.8) is 0 Å². The van der Waals surface area contributed by atoms with Crippen LogP contribution in [0.5, 0.6) is 5.75 Å². The fraction of sp³-hybridized carbons (Fsp3) is 0.263. The molecule has 3 aromatic carbocycles. The number of benzene rings is 3. The number of aromatic nitrogens is 2. The third-order valence-corrected chi connectivity index (χ3v) is 9.15. The molecule has 0 saturated carbocycles. The summed E-state index contributed by atoms with van der Waals surface area (Å²) < 4.78 is 91.3. The zero-order chi connectivity index (χ0) is 39.4. The SMILES string of the molecule is [2H]C([2H])([2H])c1c[c-]c(-c2ccc(C([2H])([2H])[2H])cn2)cc1.[2H]C([2H])([2H])c1cnc(-c2[c-]cc3c(c2)O[Si](C)(C)c2ccccc2-3)cc1C([2H])([2H])C(C)(C)C.[Ir]. The van der Waals surface area contributed by atoms with Crippen molar-refractivity contribution in [3.8, 4) is 39.4 Å². The van der Waals surface area contributed by atoms with Gasteiger partial charge in [0.15, 0.2) is 0 Å². The third kappa shape index (κ3) is 7.78. The van der Waals surface area contributed by atoms with Gasteiger partial charge in [0.25, 0.3) is 8.32 Å². The van der Waals surface area contributed by atoms with Gasteiger partial charge >= 0.3 is 0 Å². The first-order valence-electron chi connectivity index (χ1n) is 19.2. The van der Waals surface area contributed by atoms with E-state index in [1.54, 1.807) is 39.0 Å². The Kier molecular flexibility index (Phi) is 6.26. The van der Waals surface area contributed by atoms with Gasteiger partial charge in [-0.1, -0.05) is 86.8 Å². The molecule has 0 atom stereocenters. The predicted molar refractivity (Wildman–Crippen MR) is 178 cm³/mol. The summed E-state index contributed by atoms with van der Waals surface area (Å²) in [4.78, 5) is 8.47. The summed E-state index contributed by atoms with van der Waals surface area (Å²) in [7, 11) is -2.15. The minimum atomic E-state index is -2.47. The Morgan fingerprint density at radius 3 is 2.23 bits per heavy atom. The van der Waals surface area contributed by atoms with E-state index in [1.165, 1.54) is 35.8 Å². The molecule has 0 amide bonds. The normalized spacial score (nSPS) is 17.9. The Labute approximate surface area is 287 Å². The van der Waals surface area contributed by atoms with Crippen LogP contribution < -0.4 is 9.61 Å². The van der Waals surface area contributed by atoms with E-state index in [-0.39, 0.29) is 42.4 Å². The minimum Gasteiger partial charge on any atom is -0.554 e. The van der Waals surface area contributed by atoms with Gasteiger partial charge in [-0.25, -0.2) is 0 Å². The fourth-order valence-electron chi connectivity index (χ4n) is 4.73. The average molecular weight is 772 g/mol. The molecule has 43 heavy (non-hydrogen) atoms. The van der Waals surface area contributed by atoms with Crippen LogP contribution in [0.2, 0.25) is 13.1 Å². The van der Waals surface area contributed by atoms with Crippen LogP contribution in [0, 0.1) is 38.1 Å². The second-order valence-corrected chi connectivity index (χ2v) is 15.5. The van der Waals surface area contributed by atoms with E-state index in [9.17, 15) is 0 Å². The fourth-order valence-corrected chi connectivity index (χ4v) is 6.93. The maximum Gasteiger partial charge on any atom is 0.274 e. The molecule has 1 aliphatic heterocycles. The average Bonchev–Trinajstić information content (AvgIpc) is 3.06. The van der Waals surface area contributed by atoms with Crippen LogP contribution in [-0.4, -0.2) is 18.3 Å². The molecule has 223 valence electrons. The van der Waals surface area contributed by atoms with Gasteiger partial charge in [0.05, 0.1) is 0 Å². The van der Waals surface area contributed by atoms with E-state index in [0.717, 1.165) is 16.9 Å². The summed E-state index contributed by atoms with van der Waals surface area (Å²) in [6.45, 7) is 2.79. The number of rotatable bonds is 3. The molecule has 5 heteroatoms. The quantitative estimate of drug-likeness (QED) is 0.136. The first-order chi connectivity index (χ1) is 24.3. The van der Waals surface area contributed by atoms with Crippen LogP contribution in [0.15, 0.2) is 85.2 Å². The first-order valence-corrected chi connectivity index (χ1v) is 16.6. The molecular formula is C38H40IrN2OSi-2. The van der Waals surface area contributed by atoms with Crippen molar-refractivity contribution in [2.75, 3.05) is 0 Å². The van der Waals surface area contributed by atoms with Crippen molar-refractivity contribution in [2.24, 2.45) is 5.41 Å². The van der Waals surface area contributed by atoms with Gasteiger partial charge in [-0.05, 0) is 66.3 Å². The smallest absolute Gasteiger partial charge is 0.274 e. The molecule has 0 aliphatic carbocycles. The van der Waals surface area contributed by atoms with Gasteiger partial charge in [-0.3, -0.25) is 0 Å². The van der Waals surface area contributed by atoms with Crippen molar-refractivity contribution in [2.45, 2.75) is 60.8 Å². The van der Waals surface area contributed by atoms with Crippen LogP contribution in [0.4, 0.5) is 0 Å². The summed E-state index contributed by atoms with van der Waals surface area (Å²) in [5.41, 5.74) is 4.02. The van der Waals surface area contributed by atoms with Crippen molar-refractivity contribution in [3.05, 3.63) is 120 Å². The largest absolute Gasteiger partial charge is 0.554 e. The Morgan fingerprint density at radius 1 is 0.814 bits per heavy atom. The Bertz CT molecular complexity index is 2050. The molecule has 5 aromatic rings. The number of hydrogen-bond acceptors (Lipinski definition) is 3. The minimum absolute atomic E-state index is 0. The van der Waals surface area contributed by atoms with E-state index >= 15 is 0 Å².